The van der Waals surface area contributed by atoms with E-state index < -0.39 is 10.0 Å². The number of rotatable bonds is 3. The molecule has 0 saturated carbocycles. The number of hydrogen-bond donors (Lipinski definition) is 0. The van der Waals surface area contributed by atoms with Crippen molar-refractivity contribution in [3.8, 4) is 11.5 Å². The van der Waals surface area contributed by atoms with E-state index >= 15 is 0 Å². The number of amides is 1. The van der Waals surface area contributed by atoms with Crippen molar-refractivity contribution in [2.24, 2.45) is 0 Å². The van der Waals surface area contributed by atoms with Gasteiger partial charge < -0.3 is 14.4 Å². The van der Waals surface area contributed by atoms with Crippen LogP contribution < -0.4 is 9.47 Å². The Morgan fingerprint density at radius 1 is 0.926 bits per heavy atom. The van der Waals surface area contributed by atoms with Gasteiger partial charge >= 0.3 is 0 Å². The largest absolute Gasteiger partial charge is 0.486 e. The van der Waals surface area contributed by atoms with Crippen LogP contribution >= 0.6 is 0 Å². The second kappa shape index (κ2) is 7.16. The second-order valence-corrected chi connectivity index (χ2v) is 8.18. The smallest absolute Gasteiger partial charge is 0.254 e. The van der Waals surface area contributed by atoms with Crippen LogP contribution in [0.4, 0.5) is 0 Å². The monoisotopic (exact) mass is 389 g/mol. The fourth-order valence-electron chi connectivity index (χ4n) is 3.14. The second-order valence-electron chi connectivity index (χ2n) is 6.24. The van der Waals surface area contributed by atoms with Crippen LogP contribution in [-0.4, -0.2) is 67.9 Å². The molecule has 142 valence electrons. The first-order chi connectivity index (χ1) is 13.1. The van der Waals surface area contributed by atoms with E-state index in [1.807, 2.05) is 0 Å². The van der Waals surface area contributed by atoms with Crippen molar-refractivity contribution >= 4 is 15.9 Å². The van der Waals surface area contributed by atoms with Gasteiger partial charge in [0.15, 0.2) is 11.5 Å². The molecule has 1 fully saturated rings. The summed E-state index contributed by atoms with van der Waals surface area (Å²) in [6.07, 6.45) is 3.13. The molecule has 0 aliphatic carbocycles. The van der Waals surface area contributed by atoms with Gasteiger partial charge in [-0.1, -0.05) is 0 Å². The molecule has 0 radical (unpaired) electrons. The first-order valence-corrected chi connectivity index (χ1v) is 10.1. The fraction of sp³-hybridized carbons (Fsp3) is 0.333. The number of benzene rings is 1. The summed E-state index contributed by atoms with van der Waals surface area (Å²) in [5.41, 5.74) is 0.549. The first kappa shape index (κ1) is 17.7. The Kier molecular flexibility index (Phi) is 4.71. The summed E-state index contributed by atoms with van der Waals surface area (Å²) in [6.45, 7) is 2.01. The van der Waals surface area contributed by atoms with Gasteiger partial charge in [-0.3, -0.25) is 9.78 Å². The number of aromatic nitrogens is 1. The van der Waals surface area contributed by atoms with Crippen molar-refractivity contribution in [1.29, 1.82) is 0 Å². The van der Waals surface area contributed by atoms with Crippen LogP contribution in [0.1, 0.15) is 10.4 Å². The highest BCUT2D eigenvalue weighted by atomic mass is 32.2. The number of pyridine rings is 1. The number of sulfonamides is 1. The van der Waals surface area contributed by atoms with Crippen molar-refractivity contribution in [3.05, 3.63) is 48.3 Å². The maximum Gasteiger partial charge on any atom is 0.254 e. The van der Waals surface area contributed by atoms with Crippen molar-refractivity contribution < 1.29 is 22.7 Å². The Labute approximate surface area is 157 Å². The van der Waals surface area contributed by atoms with Gasteiger partial charge in [0.05, 0.1) is 4.90 Å². The summed E-state index contributed by atoms with van der Waals surface area (Å²) < 4.78 is 38.2. The summed E-state index contributed by atoms with van der Waals surface area (Å²) in [5.74, 6) is 0.871. The topological polar surface area (TPSA) is 89.0 Å². The average Bonchev–Trinajstić information content (AvgIpc) is 2.73. The normalized spacial score (nSPS) is 17.6. The number of piperazine rings is 1. The van der Waals surface area contributed by atoms with Gasteiger partial charge in [-0.15, -0.1) is 0 Å². The molecule has 1 aromatic heterocycles. The molecule has 0 bridgehead atoms. The van der Waals surface area contributed by atoms with Crippen LogP contribution in [0.2, 0.25) is 0 Å². The Morgan fingerprint density at radius 2 is 1.59 bits per heavy atom. The molecule has 0 N–H and O–H groups in total. The lowest BCUT2D eigenvalue weighted by Crippen LogP contribution is -2.50. The molecule has 2 aliphatic heterocycles. The van der Waals surface area contributed by atoms with Crippen LogP contribution in [0, 0.1) is 0 Å². The third-order valence-electron chi connectivity index (χ3n) is 4.60. The van der Waals surface area contributed by atoms with E-state index in [1.165, 1.54) is 16.4 Å². The lowest BCUT2D eigenvalue weighted by atomic mass is 10.2. The van der Waals surface area contributed by atoms with Gasteiger partial charge in [-0.2, -0.15) is 4.31 Å². The number of ether oxygens (including phenoxy) is 2. The maximum atomic E-state index is 12.9. The quantitative estimate of drug-likeness (QED) is 0.778. The molecule has 0 spiro atoms. The van der Waals surface area contributed by atoms with E-state index in [1.54, 1.807) is 35.5 Å². The van der Waals surface area contributed by atoms with Gasteiger partial charge in [0.25, 0.3) is 5.91 Å². The molecule has 1 aromatic carbocycles. The zero-order valence-electron chi connectivity index (χ0n) is 14.6. The summed E-state index contributed by atoms with van der Waals surface area (Å²) in [4.78, 5) is 18.2. The van der Waals surface area contributed by atoms with Crippen molar-refractivity contribution in [3.63, 3.8) is 0 Å². The Hall–Kier alpha value is -2.65. The molecule has 2 aromatic rings. The molecule has 1 saturated heterocycles. The number of nitrogens with zero attached hydrogens (tertiary/aromatic N) is 3. The maximum absolute atomic E-state index is 12.9. The highest BCUT2D eigenvalue weighted by Crippen LogP contribution is 2.33. The minimum absolute atomic E-state index is 0.117. The van der Waals surface area contributed by atoms with Crippen molar-refractivity contribution in [2.45, 2.75) is 4.90 Å². The summed E-state index contributed by atoms with van der Waals surface area (Å²) in [6, 6.07) is 7.95. The third-order valence-corrected chi connectivity index (χ3v) is 6.50. The van der Waals surface area contributed by atoms with Crippen molar-refractivity contribution in [1.82, 2.24) is 14.2 Å². The molecule has 2 aliphatic rings. The molecule has 27 heavy (non-hydrogen) atoms. The number of carbonyl (C=O) groups excluding carboxylic acids is 1. The van der Waals surface area contributed by atoms with E-state index in [0.717, 1.165) is 0 Å². The van der Waals surface area contributed by atoms with Gasteiger partial charge in [0.1, 0.15) is 13.2 Å². The van der Waals surface area contributed by atoms with Crippen LogP contribution in [0.15, 0.2) is 47.6 Å². The van der Waals surface area contributed by atoms with E-state index in [2.05, 4.69) is 4.98 Å². The zero-order chi connectivity index (χ0) is 18.9. The molecule has 1 amide bonds. The van der Waals surface area contributed by atoms with Crippen LogP contribution in [-0.2, 0) is 10.0 Å². The Balaban J connectivity index is 1.46. The number of carbonyl (C=O) groups is 1. The molecular formula is C18H19N3O5S. The summed E-state index contributed by atoms with van der Waals surface area (Å²) >= 11 is 0. The number of fused-ring (bicyclic) bond motifs is 1. The SMILES string of the molecule is O=C(c1ccncc1)N1CCN(S(=O)(=O)c2ccc3c(c2)OCCO3)CC1. The van der Waals surface area contributed by atoms with Crippen molar-refractivity contribution in [2.75, 3.05) is 39.4 Å². The highest BCUT2D eigenvalue weighted by Gasteiger charge is 2.31. The van der Waals surface area contributed by atoms with Crippen LogP contribution in [0.3, 0.4) is 0 Å². The van der Waals surface area contributed by atoms with E-state index in [-0.39, 0.29) is 23.9 Å². The molecule has 8 nitrogen and oxygen atoms in total. The molecular weight excluding hydrogens is 370 g/mol. The summed E-state index contributed by atoms with van der Waals surface area (Å²) in [5, 5.41) is 0. The van der Waals surface area contributed by atoms with E-state index in [9.17, 15) is 13.2 Å². The lowest BCUT2D eigenvalue weighted by molar-refractivity contribution is 0.0697. The van der Waals surface area contributed by atoms with Crippen LogP contribution in [0.25, 0.3) is 0 Å². The lowest BCUT2D eigenvalue weighted by Gasteiger charge is -2.34. The van der Waals surface area contributed by atoms with Gasteiger partial charge in [-0.25, -0.2) is 8.42 Å². The minimum atomic E-state index is -3.66. The Morgan fingerprint density at radius 3 is 2.30 bits per heavy atom. The van der Waals surface area contributed by atoms with E-state index in [0.29, 0.717) is 43.4 Å². The predicted octanol–water partition coefficient (Wildman–Crippen LogP) is 1.000. The predicted molar refractivity (Wildman–Crippen MR) is 96.3 cm³/mol. The van der Waals surface area contributed by atoms with Gasteiger partial charge in [0.2, 0.25) is 10.0 Å². The zero-order valence-corrected chi connectivity index (χ0v) is 15.4. The third kappa shape index (κ3) is 3.47. The fourth-order valence-corrected chi connectivity index (χ4v) is 4.58. The first-order valence-electron chi connectivity index (χ1n) is 8.65. The number of hydrogen-bond acceptors (Lipinski definition) is 6. The molecule has 4 rings (SSSR count). The standard InChI is InChI=1S/C18H19N3O5S/c22-18(14-3-5-19-6-4-14)20-7-9-21(10-8-20)27(23,24)15-1-2-16-17(13-15)26-12-11-25-16/h1-6,13H,7-12H2. The minimum Gasteiger partial charge on any atom is -0.486 e. The van der Waals surface area contributed by atoms with E-state index in [4.69, 9.17) is 9.47 Å². The van der Waals surface area contributed by atoms with Crippen LogP contribution in [0.5, 0.6) is 11.5 Å². The average molecular weight is 389 g/mol. The van der Waals surface area contributed by atoms with Gasteiger partial charge in [0, 0.05) is 50.2 Å². The molecule has 3 heterocycles. The molecule has 9 heteroatoms. The molecule has 0 atom stereocenters. The summed E-state index contributed by atoms with van der Waals surface area (Å²) in [7, 11) is -3.66. The highest BCUT2D eigenvalue weighted by molar-refractivity contribution is 7.89. The molecule has 0 unspecified atom stereocenters. The Bertz CT molecular complexity index is 941. The van der Waals surface area contributed by atoms with Gasteiger partial charge in [-0.05, 0) is 24.3 Å².